The monoisotopic (exact) mass is 215 g/mol. The van der Waals surface area contributed by atoms with E-state index >= 15 is 0 Å². The summed E-state index contributed by atoms with van der Waals surface area (Å²) in [6, 6.07) is -0.524. The molecule has 1 atom stereocenters. The molecule has 0 aliphatic rings. The summed E-state index contributed by atoms with van der Waals surface area (Å²) in [5, 5.41) is 0. The number of ether oxygens (including phenoxy) is 1. The van der Waals surface area contributed by atoms with E-state index in [1.807, 2.05) is 20.8 Å². The molecule has 3 heteroatoms. The van der Waals surface area contributed by atoms with Gasteiger partial charge in [0.15, 0.2) is 0 Å². The van der Waals surface area contributed by atoms with E-state index in [0.29, 0.717) is 6.61 Å². The average Bonchev–Trinajstić information content (AvgIpc) is 2.14. The van der Waals surface area contributed by atoms with Gasteiger partial charge in [0, 0.05) is 0 Å². The highest BCUT2D eigenvalue weighted by atomic mass is 16.5. The number of hydrogen-bond donors (Lipinski definition) is 1. The van der Waals surface area contributed by atoms with E-state index in [2.05, 4.69) is 6.92 Å². The Morgan fingerprint density at radius 2 is 1.87 bits per heavy atom. The highest BCUT2D eigenvalue weighted by Gasteiger charge is 2.28. The molecule has 0 saturated carbocycles. The number of carbonyl (C=O) groups excluding carboxylic acids is 1. The first-order chi connectivity index (χ1) is 6.89. The zero-order valence-electron chi connectivity index (χ0n) is 10.5. The zero-order chi connectivity index (χ0) is 11.9. The maximum absolute atomic E-state index is 11.5. The van der Waals surface area contributed by atoms with Crippen molar-refractivity contribution in [3.05, 3.63) is 0 Å². The fourth-order valence-corrected chi connectivity index (χ4v) is 1.14. The Morgan fingerprint density at radius 1 is 1.27 bits per heavy atom. The molecule has 0 fully saturated rings. The van der Waals surface area contributed by atoms with Gasteiger partial charge in [0.2, 0.25) is 0 Å². The molecule has 0 heterocycles. The van der Waals surface area contributed by atoms with Crippen LogP contribution in [0.5, 0.6) is 0 Å². The summed E-state index contributed by atoms with van der Waals surface area (Å²) < 4.78 is 5.11. The largest absolute Gasteiger partial charge is 0.465 e. The molecule has 2 N–H and O–H groups in total. The summed E-state index contributed by atoms with van der Waals surface area (Å²) in [6.07, 6.45) is 4.45. The predicted molar refractivity (Wildman–Crippen MR) is 62.5 cm³/mol. The minimum absolute atomic E-state index is 0.222. The van der Waals surface area contributed by atoms with Crippen LogP contribution in [0.1, 0.15) is 53.4 Å². The van der Waals surface area contributed by atoms with Gasteiger partial charge in [-0.05, 0) is 11.8 Å². The molecule has 0 amide bonds. The fraction of sp³-hybridized carbons (Fsp3) is 0.917. The topological polar surface area (TPSA) is 52.3 Å². The molecule has 0 rings (SSSR count). The quantitative estimate of drug-likeness (QED) is 0.547. The first-order valence-corrected chi connectivity index (χ1v) is 5.81. The molecule has 3 nitrogen and oxygen atoms in total. The highest BCUT2D eigenvalue weighted by Crippen LogP contribution is 2.18. The maximum atomic E-state index is 11.5. The molecule has 0 radical (unpaired) electrons. The fourth-order valence-electron chi connectivity index (χ4n) is 1.14. The van der Waals surface area contributed by atoms with Crippen molar-refractivity contribution in [3.63, 3.8) is 0 Å². The van der Waals surface area contributed by atoms with Crippen LogP contribution >= 0.6 is 0 Å². The Morgan fingerprint density at radius 3 is 2.33 bits per heavy atom. The summed E-state index contributed by atoms with van der Waals surface area (Å²) in [4.78, 5) is 11.5. The minimum Gasteiger partial charge on any atom is -0.465 e. The van der Waals surface area contributed by atoms with Crippen LogP contribution in [-0.4, -0.2) is 18.6 Å². The minimum atomic E-state index is -0.524. The predicted octanol–water partition coefficient (Wildman–Crippen LogP) is 2.48. The van der Waals surface area contributed by atoms with Gasteiger partial charge >= 0.3 is 5.97 Å². The smallest absolute Gasteiger partial charge is 0.323 e. The lowest BCUT2D eigenvalue weighted by Crippen LogP contribution is -2.43. The van der Waals surface area contributed by atoms with Crippen molar-refractivity contribution < 1.29 is 9.53 Å². The van der Waals surface area contributed by atoms with E-state index in [-0.39, 0.29) is 11.4 Å². The summed E-state index contributed by atoms with van der Waals surface area (Å²) in [5.41, 5.74) is 5.54. The molecule has 0 aliphatic carbocycles. The molecule has 15 heavy (non-hydrogen) atoms. The number of carbonyl (C=O) groups is 1. The molecular weight excluding hydrogens is 190 g/mol. The first kappa shape index (κ1) is 14.4. The van der Waals surface area contributed by atoms with E-state index in [0.717, 1.165) is 12.8 Å². The van der Waals surface area contributed by atoms with Crippen molar-refractivity contribution >= 4 is 5.97 Å². The molecular formula is C12H25NO2. The van der Waals surface area contributed by atoms with Gasteiger partial charge < -0.3 is 10.5 Å². The lowest BCUT2D eigenvalue weighted by Gasteiger charge is -2.24. The van der Waals surface area contributed by atoms with Gasteiger partial charge in [-0.15, -0.1) is 0 Å². The van der Waals surface area contributed by atoms with Gasteiger partial charge in [0.1, 0.15) is 6.04 Å². The van der Waals surface area contributed by atoms with Crippen LogP contribution in [0.4, 0.5) is 0 Å². The first-order valence-electron chi connectivity index (χ1n) is 5.81. The van der Waals surface area contributed by atoms with E-state index < -0.39 is 6.04 Å². The summed E-state index contributed by atoms with van der Waals surface area (Å²) in [7, 11) is 0. The van der Waals surface area contributed by atoms with Crippen molar-refractivity contribution in [2.75, 3.05) is 6.61 Å². The Balaban J connectivity index is 3.66. The number of hydrogen-bond acceptors (Lipinski definition) is 3. The van der Waals surface area contributed by atoms with Crippen molar-refractivity contribution in [2.24, 2.45) is 11.1 Å². The SMILES string of the molecule is CCCCCCOC(=O)C(N)C(C)(C)C. The number of nitrogens with two attached hydrogens (primary N) is 1. The van der Waals surface area contributed by atoms with Gasteiger partial charge in [-0.3, -0.25) is 4.79 Å². The third kappa shape index (κ3) is 6.50. The van der Waals surface area contributed by atoms with Crippen molar-refractivity contribution in [3.8, 4) is 0 Å². The molecule has 0 aromatic heterocycles. The Hall–Kier alpha value is -0.570. The Kier molecular flexibility index (Phi) is 6.57. The third-order valence-corrected chi connectivity index (χ3v) is 2.43. The van der Waals surface area contributed by atoms with Gasteiger partial charge in [-0.25, -0.2) is 0 Å². The number of rotatable bonds is 6. The lowest BCUT2D eigenvalue weighted by molar-refractivity contribution is -0.147. The summed E-state index contributed by atoms with van der Waals surface area (Å²) >= 11 is 0. The standard InChI is InChI=1S/C12H25NO2/c1-5-6-7-8-9-15-11(14)10(13)12(2,3)4/h10H,5-9,13H2,1-4H3. The Labute approximate surface area is 93.4 Å². The molecule has 0 bridgehead atoms. The second kappa shape index (κ2) is 6.83. The van der Waals surface area contributed by atoms with Crippen molar-refractivity contribution in [1.82, 2.24) is 0 Å². The third-order valence-electron chi connectivity index (χ3n) is 2.43. The van der Waals surface area contributed by atoms with E-state index in [9.17, 15) is 4.79 Å². The van der Waals surface area contributed by atoms with Crippen LogP contribution in [0.3, 0.4) is 0 Å². The van der Waals surface area contributed by atoms with Crippen LogP contribution in [0.2, 0.25) is 0 Å². The van der Waals surface area contributed by atoms with Gasteiger partial charge in [0.05, 0.1) is 6.61 Å². The van der Waals surface area contributed by atoms with Gasteiger partial charge in [-0.2, -0.15) is 0 Å². The maximum Gasteiger partial charge on any atom is 0.323 e. The van der Waals surface area contributed by atoms with E-state index in [1.54, 1.807) is 0 Å². The van der Waals surface area contributed by atoms with Gasteiger partial charge in [0.25, 0.3) is 0 Å². The molecule has 1 unspecified atom stereocenters. The Bertz CT molecular complexity index is 185. The summed E-state index contributed by atoms with van der Waals surface area (Å²) in [6.45, 7) is 8.48. The molecule has 0 aromatic carbocycles. The zero-order valence-corrected chi connectivity index (χ0v) is 10.5. The van der Waals surface area contributed by atoms with Crippen LogP contribution in [-0.2, 0) is 9.53 Å². The molecule has 0 aliphatic heterocycles. The summed E-state index contributed by atoms with van der Waals surface area (Å²) in [5.74, 6) is -0.279. The average molecular weight is 215 g/mol. The van der Waals surface area contributed by atoms with Gasteiger partial charge in [-0.1, -0.05) is 47.0 Å². The molecule has 0 saturated heterocycles. The normalized spacial score (nSPS) is 13.7. The number of unbranched alkanes of at least 4 members (excludes halogenated alkanes) is 3. The number of esters is 1. The van der Waals surface area contributed by atoms with Crippen LogP contribution in [0, 0.1) is 5.41 Å². The molecule has 0 spiro atoms. The van der Waals surface area contributed by atoms with Crippen LogP contribution < -0.4 is 5.73 Å². The van der Waals surface area contributed by atoms with Crippen molar-refractivity contribution in [2.45, 2.75) is 59.4 Å². The molecule has 90 valence electrons. The second-order valence-electron chi connectivity index (χ2n) is 5.07. The molecule has 0 aromatic rings. The van der Waals surface area contributed by atoms with Crippen LogP contribution in [0.15, 0.2) is 0 Å². The van der Waals surface area contributed by atoms with Crippen LogP contribution in [0.25, 0.3) is 0 Å². The van der Waals surface area contributed by atoms with E-state index in [4.69, 9.17) is 10.5 Å². The second-order valence-corrected chi connectivity index (χ2v) is 5.07. The highest BCUT2D eigenvalue weighted by molar-refractivity contribution is 5.76. The lowest BCUT2D eigenvalue weighted by atomic mass is 9.87. The van der Waals surface area contributed by atoms with E-state index in [1.165, 1.54) is 12.8 Å². The van der Waals surface area contributed by atoms with Crippen molar-refractivity contribution in [1.29, 1.82) is 0 Å².